The molecule has 1 heterocycles. The Bertz CT molecular complexity index is 934. The molecule has 162 valence electrons. The number of carbonyl (C=O) groups excluding carboxylic acids is 2. The summed E-state index contributed by atoms with van der Waals surface area (Å²) in [4.78, 5) is 29.2. The van der Waals surface area contributed by atoms with Crippen LogP contribution in [-0.4, -0.2) is 42.8 Å². The second kappa shape index (κ2) is 9.95. The first kappa shape index (κ1) is 21.4. The zero-order valence-corrected chi connectivity index (χ0v) is 18.4. The molecule has 0 aromatic heterocycles. The van der Waals surface area contributed by atoms with E-state index in [1.165, 1.54) is 61.1 Å². The number of aryl methyl sites for hydroxylation is 1. The third-order valence-electron chi connectivity index (χ3n) is 6.61. The monoisotopic (exact) mass is 416 g/mol. The van der Waals surface area contributed by atoms with E-state index in [0.29, 0.717) is 24.6 Å². The van der Waals surface area contributed by atoms with Gasteiger partial charge in [0.15, 0.2) is 5.78 Å². The van der Waals surface area contributed by atoms with Gasteiger partial charge in [-0.2, -0.15) is 0 Å². The first-order chi connectivity index (χ1) is 15.1. The van der Waals surface area contributed by atoms with Crippen LogP contribution in [0, 0.1) is 6.92 Å². The second-order valence-electron chi connectivity index (χ2n) is 8.81. The Balaban J connectivity index is 1.29. The fourth-order valence-corrected chi connectivity index (χ4v) is 4.71. The zero-order valence-electron chi connectivity index (χ0n) is 18.4. The molecule has 4 heteroatoms. The summed E-state index contributed by atoms with van der Waals surface area (Å²) in [6.07, 6.45) is 9.29. The van der Waals surface area contributed by atoms with Gasteiger partial charge in [-0.3, -0.25) is 9.59 Å². The van der Waals surface area contributed by atoms with Gasteiger partial charge >= 0.3 is 0 Å². The SMILES string of the molecule is Cc1cccc(N2CCN(C(=O)/C=C/C(=O)c3ccc(C4CCCCC4)cc3)CC2)c1. The van der Waals surface area contributed by atoms with Gasteiger partial charge in [0.2, 0.25) is 5.91 Å². The average Bonchev–Trinajstić information content (AvgIpc) is 2.83. The average molecular weight is 417 g/mol. The lowest BCUT2D eigenvalue weighted by Crippen LogP contribution is -2.48. The zero-order chi connectivity index (χ0) is 21.6. The van der Waals surface area contributed by atoms with Crippen LogP contribution >= 0.6 is 0 Å². The van der Waals surface area contributed by atoms with Crippen molar-refractivity contribution in [1.82, 2.24) is 4.90 Å². The van der Waals surface area contributed by atoms with E-state index in [9.17, 15) is 9.59 Å². The van der Waals surface area contributed by atoms with Gasteiger partial charge in [0.1, 0.15) is 0 Å². The molecule has 0 spiro atoms. The molecular weight excluding hydrogens is 384 g/mol. The van der Waals surface area contributed by atoms with E-state index in [-0.39, 0.29) is 11.7 Å². The van der Waals surface area contributed by atoms with Crippen LogP contribution in [0.4, 0.5) is 5.69 Å². The summed E-state index contributed by atoms with van der Waals surface area (Å²) in [7, 11) is 0. The molecule has 0 unspecified atom stereocenters. The molecule has 4 nitrogen and oxygen atoms in total. The van der Waals surface area contributed by atoms with E-state index in [4.69, 9.17) is 0 Å². The minimum atomic E-state index is -0.109. The van der Waals surface area contributed by atoms with Crippen molar-refractivity contribution < 1.29 is 9.59 Å². The minimum Gasteiger partial charge on any atom is -0.368 e. The van der Waals surface area contributed by atoms with E-state index in [1.807, 2.05) is 17.0 Å². The largest absolute Gasteiger partial charge is 0.368 e. The molecule has 1 amide bonds. The van der Waals surface area contributed by atoms with Gasteiger partial charge in [0.25, 0.3) is 0 Å². The smallest absolute Gasteiger partial charge is 0.246 e. The molecule has 1 saturated heterocycles. The van der Waals surface area contributed by atoms with Gasteiger partial charge < -0.3 is 9.80 Å². The number of ketones is 1. The number of allylic oxidation sites excluding steroid dienone is 1. The Labute approximate surface area is 185 Å². The molecule has 2 aromatic carbocycles. The van der Waals surface area contributed by atoms with Crippen molar-refractivity contribution in [2.75, 3.05) is 31.1 Å². The summed E-state index contributed by atoms with van der Waals surface area (Å²) in [5.74, 6) is 0.437. The van der Waals surface area contributed by atoms with E-state index >= 15 is 0 Å². The lowest BCUT2D eigenvalue weighted by molar-refractivity contribution is -0.126. The minimum absolute atomic E-state index is 0.0870. The molecule has 2 aromatic rings. The Kier molecular flexibility index (Phi) is 6.86. The number of anilines is 1. The normalized spacial score (nSPS) is 17.8. The summed E-state index contributed by atoms with van der Waals surface area (Å²) in [6.45, 7) is 5.04. The molecule has 2 fully saturated rings. The molecule has 4 rings (SSSR count). The molecular formula is C27H32N2O2. The Morgan fingerprint density at radius 2 is 1.58 bits per heavy atom. The molecule has 1 saturated carbocycles. The summed E-state index contributed by atoms with van der Waals surface area (Å²) in [6, 6.07) is 16.4. The van der Waals surface area contributed by atoms with E-state index in [2.05, 4.69) is 48.2 Å². The Morgan fingerprint density at radius 3 is 2.26 bits per heavy atom. The highest BCUT2D eigenvalue weighted by molar-refractivity contribution is 6.07. The van der Waals surface area contributed by atoms with Crippen molar-refractivity contribution in [1.29, 1.82) is 0 Å². The van der Waals surface area contributed by atoms with Crippen LogP contribution < -0.4 is 4.90 Å². The first-order valence-corrected chi connectivity index (χ1v) is 11.5. The summed E-state index contributed by atoms with van der Waals surface area (Å²) in [5.41, 5.74) is 4.43. The molecule has 2 aliphatic rings. The third kappa shape index (κ3) is 5.43. The lowest BCUT2D eigenvalue weighted by atomic mass is 9.84. The first-order valence-electron chi connectivity index (χ1n) is 11.5. The van der Waals surface area contributed by atoms with Crippen molar-refractivity contribution in [3.63, 3.8) is 0 Å². The maximum atomic E-state index is 12.6. The van der Waals surface area contributed by atoms with Crippen molar-refractivity contribution in [3.05, 3.63) is 77.4 Å². The molecule has 1 aliphatic heterocycles. The summed E-state index contributed by atoms with van der Waals surface area (Å²) in [5, 5.41) is 0. The topological polar surface area (TPSA) is 40.6 Å². The maximum absolute atomic E-state index is 12.6. The highest BCUT2D eigenvalue weighted by Gasteiger charge is 2.20. The van der Waals surface area contributed by atoms with Crippen LogP contribution in [0.2, 0.25) is 0 Å². The van der Waals surface area contributed by atoms with Gasteiger partial charge in [-0.25, -0.2) is 0 Å². The van der Waals surface area contributed by atoms with Crippen LogP contribution in [0.25, 0.3) is 0 Å². The molecule has 0 bridgehead atoms. The fraction of sp³-hybridized carbons (Fsp3) is 0.407. The van der Waals surface area contributed by atoms with E-state index < -0.39 is 0 Å². The number of nitrogens with zero attached hydrogens (tertiary/aromatic N) is 2. The second-order valence-corrected chi connectivity index (χ2v) is 8.81. The third-order valence-corrected chi connectivity index (χ3v) is 6.61. The van der Waals surface area contributed by atoms with Crippen molar-refractivity contribution in [3.8, 4) is 0 Å². The number of hydrogen-bond acceptors (Lipinski definition) is 3. The van der Waals surface area contributed by atoms with Gasteiger partial charge in [-0.15, -0.1) is 0 Å². The number of benzene rings is 2. The Hall–Kier alpha value is -2.88. The quantitative estimate of drug-likeness (QED) is 0.501. The number of amides is 1. The molecule has 31 heavy (non-hydrogen) atoms. The van der Waals surface area contributed by atoms with Crippen molar-refractivity contribution in [2.45, 2.75) is 44.9 Å². The number of carbonyl (C=O) groups is 2. The molecule has 0 N–H and O–H groups in total. The predicted molar refractivity (Wildman–Crippen MR) is 126 cm³/mol. The van der Waals surface area contributed by atoms with Gasteiger partial charge in [0, 0.05) is 43.5 Å². The highest BCUT2D eigenvalue weighted by atomic mass is 16.2. The standard InChI is InChI=1S/C27H32N2O2/c1-21-6-5-9-25(20-21)28-16-18-29(19-17-28)27(31)15-14-26(30)24-12-10-23(11-13-24)22-7-3-2-4-8-22/h5-6,9-15,20,22H,2-4,7-8,16-19H2,1H3/b15-14+. The highest BCUT2D eigenvalue weighted by Crippen LogP contribution is 2.32. The van der Waals surface area contributed by atoms with Gasteiger partial charge in [-0.05, 0) is 55.0 Å². The van der Waals surface area contributed by atoms with Crippen molar-refractivity contribution in [2.24, 2.45) is 0 Å². The van der Waals surface area contributed by atoms with E-state index in [1.54, 1.807) is 0 Å². The van der Waals surface area contributed by atoms with Crippen LogP contribution in [0.1, 0.15) is 59.5 Å². The van der Waals surface area contributed by atoms with Crippen LogP contribution in [0.3, 0.4) is 0 Å². The number of hydrogen-bond donors (Lipinski definition) is 0. The van der Waals surface area contributed by atoms with Crippen LogP contribution in [0.5, 0.6) is 0 Å². The molecule has 0 radical (unpaired) electrons. The van der Waals surface area contributed by atoms with Crippen molar-refractivity contribution >= 4 is 17.4 Å². The number of rotatable bonds is 5. The number of piperazine rings is 1. The van der Waals surface area contributed by atoms with Crippen LogP contribution in [-0.2, 0) is 4.79 Å². The fourth-order valence-electron chi connectivity index (χ4n) is 4.71. The molecule has 1 aliphatic carbocycles. The summed E-state index contributed by atoms with van der Waals surface area (Å²) < 4.78 is 0. The Morgan fingerprint density at radius 1 is 0.871 bits per heavy atom. The maximum Gasteiger partial charge on any atom is 0.246 e. The predicted octanol–water partition coefficient (Wildman–Crippen LogP) is 5.13. The molecule has 0 atom stereocenters. The summed E-state index contributed by atoms with van der Waals surface area (Å²) >= 11 is 0. The lowest BCUT2D eigenvalue weighted by Gasteiger charge is -2.35. The van der Waals surface area contributed by atoms with Gasteiger partial charge in [-0.1, -0.05) is 55.7 Å². The van der Waals surface area contributed by atoms with Gasteiger partial charge in [0.05, 0.1) is 0 Å². The van der Waals surface area contributed by atoms with E-state index in [0.717, 1.165) is 13.1 Å². The van der Waals surface area contributed by atoms with Crippen LogP contribution in [0.15, 0.2) is 60.7 Å².